The minimum absolute atomic E-state index is 0.141. The molecule has 0 aliphatic carbocycles. The number of hydrogen-bond acceptors (Lipinski definition) is 5. The van der Waals surface area contributed by atoms with Crippen LogP contribution in [0.4, 0.5) is 11.4 Å². The molecule has 0 spiro atoms. The Bertz CT molecular complexity index is 1100. The van der Waals surface area contributed by atoms with Gasteiger partial charge >= 0.3 is 0 Å². The van der Waals surface area contributed by atoms with Crippen molar-refractivity contribution < 1.29 is 19.1 Å². The third-order valence-corrected chi connectivity index (χ3v) is 4.50. The standard InChI is InChI=1S/C22H17N3O4S/c26-20(14-4-2-1-3-5-14)23-16-7-9-17(10-8-16)24-22(30)25-21(27)15-6-11-18-19(12-15)29-13-28-18/h1-12H,13H2,(H,23,26)(H2,24,25,27,30). The van der Waals surface area contributed by atoms with Gasteiger partial charge in [0.15, 0.2) is 16.6 Å². The van der Waals surface area contributed by atoms with Crippen LogP contribution in [0.2, 0.25) is 0 Å². The summed E-state index contributed by atoms with van der Waals surface area (Å²) in [4.78, 5) is 24.6. The third-order valence-electron chi connectivity index (χ3n) is 4.30. The molecule has 0 aromatic heterocycles. The maximum absolute atomic E-state index is 12.4. The molecule has 1 aliphatic heterocycles. The van der Waals surface area contributed by atoms with Crippen molar-refractivity contribution in [1.29, 1.82) is 0 Å². The van der Waals surface area contributed by atoms with Crippen molar-refractivity contribution in [1.82, 2.24) is 5.32 Å². The van der Waals surface area contributed by atoms with E-state index in [1.165, 1.54) is 0 Å². The summed E-state index contributed by atoms with van der Waals surface area (Å²) in [7, 11) is 0. The Balaban J connectivity index is 1.32. The lowest BCUT2D eigenvalue weighted by Gasteiger charge is -2.11. The maximum Gasteiger partial charge on any atom is 0.257 e. The zero-order valence-electron chi connectivity index (χ0n) is 15.7. The zero-order valence-corrected chi connectivity index (χ0v) is 16.5. The summed E-state index contributed by atoms with van der Waals surface area (Å²) in [5.74, 6) is 0.571. The first-order valence-electron chi connectivity index (χ1n) is 9.07. The summed E-state index contributed by atoms with van der Waals surface area (Å²) in [6, 6.07) is 20.8. The van der Waals surface area contributed by atoms with Gasteiger partial charge in [0.25, 0.3) is 11.8 Å². The number of benzene rings is 3. The molecule has 0 unspecified atom stereocenters. The number of carbonyl (C=O) groups is 2. The molecule has 0 radical (unpaired) electrons. The molecule has 7 nitrogen and oxygen atoms in total. The summed E-state index contributed by atoms with van der Waals surface area (Å²) in [5, 5.41) is 8.53. The Labute approximate surface area is 178 Å². The van der Waals surface area contributed by atoms with Crippen LogP contribution in [0.3, 0.4) is 0 Å². The fourth-order valence-corrected chi connectivity index (χ4v) is 3.02. The lowest BCUT2D eigenvalue weighted by Crippen LogP contribution is -2.34. The minimum Gasteiger partial charge on any atom is -0.454 e. The van der Waals surface area contributed by atoms with Gasteiger partial charge in [-0.1, -0.05) is 18.2 Å². The topological polar surface area (TPSA) is 88.7 Å². The van der Waals surface area contributed by atoms with E-state index in [1.54, 1.807) is 66.7 Å². The summed E-state index contributed by atoms with van der Waals surface area (Å²) >= 11 is 5.21. The van der Waals surface area contributed by atoms with Gasteiger partial charge in [0, 0.05) is 22.5 Å². The number of nitrogens with one attached hydrogen (secondary N) is 3. The van der Waals surface area contributed by atoms with Crippen molar-refractivity contribution in [3.05, 3.63) is 83.9 Å². The van der Waals surface area contributed by atoms with Gasteiger partial charge in [0.2, 0.25) is 6.79 Å². The van der Waals surface area contributed by atoms with E-state index in [0.29, 0.717) is 34.0 Å². The number of amides is 2. The van der Waals surface area contributed by atoms with Crippen molar-refractivity contribution in [3.8, 4) is 11.5 Å². The first-order chi connectivity index (χ1) is 14.6. The Morgan fingerprint density at radius 3 is 2.13 bits per heavy atom. The predicted molar refractivity (Wildman–Crippen MR) is 117 cm³/mol. The Kier molecular flexibility index (Phi) is 5.58. The molecule has 0 bridgehead atoms. The van der Waals surface area contributed by atoms with Gasteiger partial charge in [0.1, 0.15) is 0 Å². The lowest BCUT2D eigenvalue weighted by atomic mass is 10.2. The smallest absolute Gasteiger partial charge is 0.257 e. The summed E-state index contributed by atoms with van der Waals surface area (Å²) in [6.07, 6.45) is 0. The highest BCUT2D eigenvalue weighted by Crippen LogP contribution is 2.32. The van der Waals surface area contributed by atoms with Crippen LogP contribution >= 0.6 is 12.2 Å². The molecule has 30 heavy (non-hydrogen) atoms. The second-order valence-electron chi connectivity index (χ2n) is 6.37. The van der Waals surface area contributed by atoms with Crippen molar-refractivity contribution in [2.45, 2.75) is 0 Å². The number of thiocarbonyl (C=S) groups is 1. The molecule has 8 heteroatoms. The molecule has 0 saturated carbocycles. The second-order valence-corrected chi connectivity index (χ2v) is 6.78. The average Bonchev–Trinajstić information content (AvgIpc) is 3.23. The second kappa shape index (κ2) is 8.62. The van der Waals surface area contributed by atoms with Crippen molar-refractivity contribution in [2.24, 2.45) is 0 Å². The number of hydrogen-bond donors (Lipinski definition) is 3. The van der Waals surface area contributed by atoms with Crippen LogP contribution < -0.4 is 25.4 Å². The van der Waals surface area contributed by atoms with E-state index >= 15 is 0 Å². The fraction of sp³-hybridized carbons (Fsp3) is 0.0455. The van der Waals surface area contributed by atoms with Gasteiger partial charge in [-0.2, -0.15) is 0 Å². The minimum atomic E-state index is -0.363. The van der Waals surface area contributed by atoms with E-state index in [4.69, 9.17) is 21.7 Å². The number of rotatable bonds is 4. The van der Waals surface area contributed by atoms with Crippen LogP contribution in [-0.4, -0.2) is 23.7 Å². The van der Waals surface area contributed by atoms with Gasteiger partial charge in [-0.05, 0) is 66.8 Å². The van der Waals surface area contributed by atoms with Crippen LogP contribution in [0.25, 0.3) is 0 Å². The van der Waals surface area contributed by atoms with E-state index in [-0.39, 0.29) is 23.7 Å². The SMILES string of the molecule is O=C(NC(=S)Nc1ccc(NC(=O)c2ccccc2)cc1)c1ccc2c(c1)OCO2. The van der Waals surface area contributed by atoms with Crippen molar-refractivity contribution in [2.75, 3.05) is 17.4 Å². The predicted octanol–water partition coefficient (Wildman–Crippen LogP) is 3.79. The van der Waals surface area contributed by atoms with Crippen molar-refractivity contribution in [3.63, 3.8) is 0 Å². The Morgan fingerprint density at radius 1 is 0.733 bits per heavy atom. The van der Waals surface area contributed by atoms with Gasteiger partial charge in [-0.25, -0.2) is 0 Å². The van der Waals surface area contributed by atoms with E-state index in [2.05, 4.69) is 16.0 Å². The molecule has 3 aromatic carbocycles. The molecule has 2 amide bonds. The van der Waals surface area contributed by atoms with E-state index in [0.717, 1.165) is 0 Å². The molecule has 1 heterocycles. The molecule has 3 aromatic rings. The molecule has 0 saturated heterocycles. The molecule has 0 fully saturated rings. The van der Waals surface area contributed by atoms with Gasteiger partial charge in [-0.15, -0.1) is 0 Å². The Hall–Kier alpha value is -3.91. The van der Waals surface area contributed by atoms with Gasteiger partial charge in [-0.3, -0.25) is 14.9 Å². The average molecular weight is 419 g/mol. The molecule has 0 atom stereocenters. The molecular formula is C22H17N3O4S. The van der Waals surface area contributed by atoms with Crippen LogP contribution in [0.5, 0.6) is 11.5 Å². The summed E-state index contributed by atoms with van der Waals surface area (Å²) in [5.41, 5.74) is 2.29. The van der Waals surface area contributed by atoms with Crippen LogP contribution in [-0.2, 0) is 0 Å². The van der Waals surface area contributed by atoms with Gasteiger partial charge in [0.05, 0.1) is 0 Å². The number of fused-ring (bicyclic) bond motifs is 1. The van der Waals surface area contributed by atoms with Crippen LogP contribution in [0.15, 0.2) is 72.8 Å². The quantitative estimate of drug-likeness (QED) is 0.558. The number of anilines is 2. The number of ether oxygens (including phenoxy) is 2. The first kappa shape index (κ1) is 19.4. The molecule has 3 N–H and O–H groups in total. The lowest BCUT2D eigenvalue weighted by molar-refractivity contribution is 0.0976. The summed E-state index contributed by atoms with van der Waals surface area (Å²) < 4.78 is 10.5. The van der Waals surface area contributed by atoms with Crippen molar-refractivity contribution >= 4 is 40.5 Å². The monoisotopic (exact) mass is 419 g/mol. The molecular weight excluding hydrogens is 402 g/mol. The first-order valence-corrected chi connectivity index (χ1v) is 9.48. The molecule has 150 valence electrons. The highest BCUT2D eigenvalue weighted by Gasteiger charge is 2.16. The van der Waals surface area contributed by atoms with E-state index in [1.807, 2.05) is 6.07 Å². The van der Waals surface area contributed by atoms with E-state index < -0.39 is 0 Å². The molecule has 4 rings (SSSR count). The largest absolute Gasteiger partial charge is 0.454 e. The highest BCUT2D eigenvalue weighted by molar-refractivity contribution is 7.80. The fourth-order valence-electron chi connectivity index (χ4n) is 2.81. The number of carbonyl (C=O) groups excluding carboxylic acids is 2. The summed E-state index contributed by atoms with van der Waals surface area (Å²) in [6.45, 7) is 0.141. The normalized spacial score (nSPS) is 11.5. The maximum atomic E-state index is 12.4. The molecule has 1 aliphatic rings. The van der Waals surface area contributed by atoms with Crippen LogP contribution in [0.1, 0.15) is 20.7 Å². The highest BCUT2D eigenvalue weighted by atomic mass is 32.1. The Morgan fingerprint density at radius 2 is 1.40 bits per heavy atom. The zero-order chi connectivity index (χ0) is 20.9. The van der Waals surface area contributed by atoms with Gasteiger partial charge < -0.3 is 20.1 Å². The van der Waals surface area contributed by atoms with Crippen LogP contribution in [0, 0.1) is 0 Å². The third kappa shape index (κ3) is 4.56. The van der Waals surface area contributed by atoms with E-state index in [9.17, 15) is 9.59 Å².